The molecule has 0 unspecified atom stereocenters. The second kappa shape index (κ2) is 11.3. The highest BCUT2D eigenvalue weighted by molar-refractivity contribution is 6.03. The van der Waals surface area contributed by atoms with Crippen molar-refractivity contribution in [2.45, 2.75) is 38.5 Å². The van der Waals surface area contributed by atoms with Gasteiger partial charge in [-0.2, -0.15) is 0 Å². The predicted octanol–water partition coefficient (Wildman–Crippen LogP) is 4.95. The van der Waals surface area contributed by atoms with Gasteiger partial charge in [-0.25, -0.2) is 9.59 Å². The normalized spacial score (nSPS) is 13.1. The van der Waals surface area contributed by atoms with Gasteiger partial charge in [0.15, 0.2) is 11.5 Å². The first-order valence-electron chi connectivity index (χ1n) is 12.1. The molecule has 3 aromatic rings. The molecule has 0 amide bonds. The second-order valence-corrected chi connectivity index (χ2v) is 8.89. The summed E-state index contributed by atoms with van der Waals surface area (Å²) in [5, 5.41) is 0. The Hall–Kier alpha value is -3.80. The van der Waals surface area contributed by atoms with Crippen molar-refractivity contribution in [1.29, 1.82) is 0 Å². The molecule has 0 spiro atoms. The third kappa shape index (κ3) is 5.23. The smallest absolute Gasteiger partial charge is 0.338 e. The van der Waals surface area contributed by atoms with E-state index in [2.05, 4.69) is 36.4 Å². The van der Waals surface area contributed by atoms with Crippen LogP contribution in [-0.4, -0.2) is 40.4 Å². The highest BCUT2D eigenvalue weighted by Gasteiger charge is 2.22. The van der Waals surface area contributed by atoms with E-state index in [0.717, 1.165) is 43.2 Å². The standard InChI is InChI=1S/C30H32O6/c1-33-27-17-23-12-10-20-8-6-5-7-19(20)9-11-21-15-25(29(31)35-3)26(30(32)36-4)16-22(21)13-14-24(23)18-28(27)34-2/h5-8,15-18H,9-14H2,1-4H3. The van der Waals surface area contributed by atoms with E-state index in [9.17, 15) is 9.59 Å². The molecule has 0 aliphatic heterocycles. The van der Waals surface area contributed by atoms with Gasteiger partial charge >= 0.3 is 11.9 Å². The van der Waals surface area contributed by atoms with E-state index in [1.165, 1.54) is 36.5 Å². The van der Waals surface area contributed by atoms with Crippen molar-refractivity contribution < 1.29 is 28.5 Å². The fourth-order valence-electron chi connectivity index (χ4n) is 4.99. The number of hydrogen-bond donors (Lipinski definition) is 0. The fraction of sp³-hybridized carbons (Fsp3) is 0.333. The molecule has 188 valence electrons. The Bertz CT molecular complexity index is 1280. The summed E-state index contributed by atoms with van der Waals surface area (Å²) in [6.07, 6.45) is 4.83. The summed E-state index contributed by atoms with van der Waals surface area (Å²) >= 11 is 0. The SMILES string of the molecule is COC(=O)c1cc2c(cc1C(=O)OC)CCc1cc(OC)c(OC)cc1CCc1ccccc1CC2. The molecule has 0 bridgehead atoms. The molecule has 0 N–H and O–H groups in total. The van der Waals surface area contributed by atoms with E-state index in [1.807, 2.05) is 0 Å². The molecule has 0 saturated carbocycles. The highest BCUT2D eigenvalue weighted by atomic mass is 16.5. The Morgan fingerprint density at radius 3 is 1.19 bits per heavy atom. The number of esters is 2. The van der Waals surface area contributed by atoms with Crippen molar-refractivity contribution >= 4 is 11.9 Å². The molecular weight excluding hydrogens is 456 g/mol. The second-order valence-electron chi connectivity index (χ2n) is 8.89. The minimum Gasteiger partial charge on any atom is -0.493 e. The first kappa shape index (κ1) is 25.3. The number of carbonyl (C=O) groups is 2. The van der Waals surface area contributed by atoms with E-state index in [0.29, 0.717) is 17.9 Å². The third-order valence-electron chi connectivity index (χ3n) is 6.97. The van der Waals surface area contributed by atoms with Crippen LogP contribution in [0.15, 0.2) is 48.5 Å². The van der Waals surface area contributed by atoms with Crippen LogP contribution in [0.5, 0.6) is 11.5 Å². The summed E-state index contributed by atoms with van der Waals surface area (Å²) in [6, 6.07) is 16.2. The lowest BCUT2D eigenvalue weighted by Crippen LogP contribution is -2.15. The quantitative estimate of drug-likeness (QED) is 0.484. The first-order valence-corrected chi connectivity index (χ1v) is 12.1. The van der Waals surface area contributed by atoms with Crippen LogP contribution in [0.3, 0.4) is 0 Å². The van der Waals surface area contributed by atoms with E-state index in [-0.39, 0.29) is 11.1 Å². The molecule has 0 heterocycles. The number of aryl methyl sites for hydroxylation is 6. The molecule has 1 aliphatic rings. The molecule has 0 saturated heterocycles. The zero-order valence-electron chi connectivity index (χ0n) is 21.3. The Labute approximate surface area is 212 Å². The van der Waals surface area contributed by atoms with Crippen molar-refractivity contribution in [3.63, 3.8) is 0 Å². The molecule has 1 aliphatic carbocycles. The molecule has 0 radical (unpaired) electrons. The summed E-state index contributed by atoms with van der Waals surface area (Å²) < 4.78 is 21.1. The van der Waals surface area contributed by atoms with Gasteiger partial charge in [-0.1, -0.05) is 24.3 Å². The van der Waals surface area contributed by atoms with Crippen LogP contribution >= 0.6 is 0 Å². The zero-order valence-corrected chi connectivity index (χ0v) is 21.3. The minimum atomic E-state index is -0.554. The molecule has 4 rings (SSSR count). The maximum Gasteiger partial charge on any atom is 0.338 e. The molecular formula is C30H32O6. The fourth-order valence-corrected chi connectivity index (χ4v) is 4.99. The predicted molar refractivity (Wildman–Crippen MR) is 137 cm³/mol. The average molecular weight is 489 g/mol. The van der Waals surface area contributed by atoms with Gasteiger partial charge in [0, 0.05) is 0 Å². The van der Waals surface area contributed by atoms with Gasteiger partial charge in [-0.05, 0) is 96.2 Å². The lowest BCUT2D eigenvalue weighted by atomic mass is 9.87. The van der Waals surface area contributed by atoms with E-state index >= 15 is 0 Å². The monoisotopic (exact) mass is 488 g/mol. The van der Waals surface area contributed by atoms with Gasteiger partial charge < -0.3 is 18.9 Å². The van der Waals surface area contributed by atoms with Gasteiger partial charge in [0.05, 0.1) is 39.6 Å². The summed E-state index contributed by atoms with van der Waals surface area (Å²) in [6.45, 7) is 0. The Kier molecular flexibility index (Phi) is 7.93. The lowest BCUT2D eigenvalue weighted by Gasteiger charge is -2.19. The Balaban J connectivity index is 1.86. The molecule has 0 fully saturated rings. The topological polar surface area (TPSA) is 71.1 Å². The lowest BCUT2D eigenvalue weighted by molar-refractivity contribution is 0.0555. The van der Waals surface area contributed by atoms with E-state index in [1.54, 1.807) is 26.4 Å². The molecule has 36 heavy (non-hydrogen) atoms. The van der Waals surface area contributed by atoms with Crippen LogP contribution in [-0.2, 0) is 48.0 Å². The van der Waals surface area contributed by atoms with Gasteiger partial charge in [-0.3, -0.25) is 0 Å². The number of carbonyl (C=O) groups excluding carboxylic acids is 2. The summed E-state index contributed by atoms with van der Waals surface area (Å²) in [5.74, 6) is 0.307. The van der Waals surface area contributed by atoms with Crippen LogP contribution in [0.4, 0.5) is 0 Å². The third-order valence-corrected chi connectivity index (χ3v) is 6.97. The summed E-state index contributed by atoms with van der Waals surface area (Å²) in [4.78, 5) is 25.1. The van der Waals surface area contributed by atoms with Crippen LogP contribution in [0, 0.1) is 0 Å². The molecule has 0 aromatic heterocycles. The van der Waals surface area contributed by atoms with E-state index < -0.39 is 11.9 Å². The zero-order chi connectivity index (χ0) is 25.7. The van der Waals surface area contributed by atoms with Gasteiger partial charge in [0.25, 0.3) is 0 Å². The van der Waals surface area contributed by atoms with Gasteiger partial charge in [0.2, 0.25) is 0 Å². The number of benzene rings is 3. The van der Waals surface area contributed by atoms with Gasteiger partial charge in [0.1, 0.15) is 0 Å². The van der Waals surface area contributed by atoms with Gasteiger partial charge in [-0.15, -0.1) is 0 Å². The number of rotatable bonds is 4. The minimum absolute atomic E-state index is 0.225. The van der Waals surface area contributed by atoms with E-state index in [4.69, 9.17) is 18.9 Å². The molecule has 3 aromatic carbocycles. The largest absolute Gasteiger partial charge is 0.493 e. The molecule has 6 nitrogen and oxygen atoms in total. The Morgan fingerprint density at radius 2 is 0.861 bits per heavy atom. The van der Waals surface area contributed by atoms with Crippen molar-refractivity contribution in [3.05, 3.63) is 93.0 Å². The highest BCUT2D eigenvalue weighted by Crippen LogP contribution is 2.33. The number of ether oxygens (including phenoxy) is 4. The number of hydrogen-bond acceptors (Lipinski definition) is 6. The van der Waals surface area contributed by atoms with Crippen molar-refractivity contribution in [2.24, 2.45) is 0 Å². The number of methoxy groups -OCH3 is 4. The summed E-state index contributed by atoms with van der Waals surface area (Å²) in [5.41, 5.74) is 7.47. The van der Waals surface area contributed by atoms with Crippen LogP contribution in [0.1, 0.15) is 54.1 Å². The maximum atomic E-state index is 12.6. The molecule has 0 atom stereocenters. The van der Waals surface area contributed by atoms with Crippen molar-refractivity contribution in [1.82, 2.24) is 0 Å². The van der Waals surface area contributed by atoms with Crippen LogP contribution in [0.2, 0.25) is 0 Å². The van der Waals surface area contributed by atoms with Crippen molar-refractivity contribution in [3.8, 4) is 11.5 Å². The van der Waals surface area contributed by atoms with Crippen LogP contribution < -0.4 is 9.47 Å². The Morgan fingerprint density at radius 1 is 0.528 bits per heavy atom. The van der Waals surface area contributed by atoms with Crippen molar-refractivity contribution in [2.75, 3.05) is 28.4 Å². The molecule has 6 heteroatoms. The average Bonchev–Trinajstić information content (AvgIpc) is 2.92. The number of fused-ring (bicyclic) bond motifs is 3. The maximum absolute atomic E-state index is 12.6. The first-order chi connectivity index (χ1) is 17.5. The summed E-state index contributed by atoms with van der Waals surface area (Å²) in [7, 11) is 5.92. The van der Waals surface area contributed by atoms with Crippen LogP contribution in [0.25, 0.3) is 0 Å².